The average molecular weight is 318 g/mol. The van der Waals surface area contributed by atoms with Gasteiger partial charge in [0.1, 0.15) is 0 Å². The van der Waals surface area contributed by atoms with E-state index in [4.69, 9.17) is 10.7 Å². The Bertz CT molecular complexity index is 1350. The fourth-order valence-corrected chi connectivity index (χ4v) is 4.21. The van der Waals surface area contributed by atoms with E-state index >= 15 is 0 Å². The molecule has 4 aromatic carbocycles. The lowest BCUT2D eigenvalue weighted by atomic mass is 9.97. The summed E-state index contributed by atoms with van der Waals surface area (Å²) in [5.41, 5.74) is 14.1. The number of nitrogens with zero attached hydrogens (tertiary/aromatic N) is 1. The van der Waals surface area contributed by atoms with Gasteiger partial charge in [-0.15, -0.1) is 0 Å². The van der Waals surface area contributed by atoms with Crippen LogP contribution in [0.15, 0.2) is 71.7 Å². The summed E-state index contributed by atoms with van der Waals surface area (Å²) in [7, 11) is 0. The van der Waals surface area contributed by atoms with Crippen molar-refractivity contribution >= 4 is 28.2 Å². The van der Waals surface area contributed by atoms with E-state index < -0.39 is 0 Å². The van der Waals surface area contributed by atoms with Crippen LogP contribution in [0.2, 0.25) is 0 Å². The van der Waals surface area contributed by atoms with Crippen LogP contribution in [0.3, 0.4) is 0 Å². The van der Waals surface area contributed by atoms with Gasteiger partial charge in [0.15, 0.2) is 0 Å². The fraction of sp³-hybridized carbons (Fsp3) is 0. The highest BCUT2D eigenvalue weighted by Gasteiger charge is 2.20. The molecule has 25 heavy (non-hydrogen) atoms. The van der Waals surface area contributed by atoms with Gasteiger partial charge in [0, 0.05) is 22.2 Å². The molecule has 0 unspecified atom stereocenters. The average Bonchev–Trinajstić information content (AvgIpc) is 3.20. The van der Waals surface area contributed by atoms with E-state index in [2.05, 4.69) is 54.6 Å². The maximum atomic E-state index is 6.21. The first kappa shape index (κ1) is 13.0. The van der Waals surface area contributed by atoms with Gasteiger partial charge in [0.05, 0.1) is 11.0 Å². The molecule has 1 aliphatic carbocycles. The second-order valence-corrected chi connectivity index (χ2v) is 6.67. The Labute approximate surface area is 144 Å². The zero-order valence-electron chi connectivity index (χ0n) is 13.5. The monoisotopic (exact) mass is 318 g/mol. The molecule has 2 nitrogen and oxygen atoms in total. The molecular weight excluding hydrogens is 304 g/mol. The maximum Gasteiger partial charge on any atom is 0.0795 e. The molecular formula is C23H14N2. The summed E-state index contributed by atoms with van der Waals surface area (Å²) in [5.74, 6) is 0. The normalized spacial score (nSPS) is 12.8. The minimum absolute atomic E-state index is 0.791. The van der Waals surface area contributed by atoms with E-state index in [1.807, 2.05) is 18.2 Å². The molecule has 2 N–H and O–H groups in total. The van der Waals surface area contributed by atoms with Gasteiger partial charge in [-0.3, -0.25) is 0 Å². The molecule has 0 saturated heterocycles. The standard InChI is InChI=1S/C23H14N2/c24-20-6-3-7-21-22(20)18-11-9-16-17(23(18)25-21)10-8-15-14-5-2-1-4-13(14)12-19(15)16/h1-12H,24H2. The first-order chi connectivity index (χ1) is 12.3. The predicted octanol–water partition coefficient (Wildman–Crippen LogP) is 4.16. The molecule has 1 heterocycles. The Morgan fingerprint density at radius 3 is 2.48 bits per heavy atom. The number of rotatable bonds is 0. The van der Waals surface area contributed by atoms with Crippen molar-refractivity contribution in [2.75, 3.05) is 5.73 Å². The van der Waals surface area contributed by atoms with E-state index in [0.717, 1.165) is 27.9 Å². The third kappa shape index (κ3) is 1.56. The number of anilines is 1. The molecule has 0 radical (unpaired) electrons. The zero-order valence-corrected chi connectivity index (χ0v) is 13.5. The largest absolute Gasteiger partial charge is 0.398 e. The second kappa shape index (κ2) is 4.37. The minimum Gasteiger partial charge on any atom is -0.398 e. The van der Waals surface area contributed by atoms with Crippen molar-refractivity contribution in [1.29, 1.82) is 0 Å². The van der Waals surface area contributed by atoms with E-state index in [-0.39, 0.29) is 0 Å². The van der Waals surface area contributed by atoms with Crippen LogP contribution in [0.4, 0.5) is 11.4 Å². The quantitative estimate of drug-likeness (QED) is 0.420. The van der Waals surface area contributed by atoms with E-state index in [0.29, 0.717) is 0 Å². The number of nitrogens with two attached hydrogens (primary N) is 1. The van der Waals surface area contributed by atoms with Crippen molar-refractivity contribution in [3.8, 4) is 22.3 Å². The number of hydrogen-bond acceptors (Lipinski definition) is 2. The van der Waals surface area contributed by atoms with Crippen molar-refractivity contribution in [2.24, 2.45) is 4.99 Å². The third-order valence-corrected chi connectivity index (χ3v) is 5.34. The van der Waals surface area contributed by atoms with Crippen LogP contribution in [0.25, 0.3) is 39.1 Å². The molecule has 116 valence electrons. The molecule has 6 rings (SSSR count). The third-order valence-electron chi connectivity index (χ3n) is 5.34. The molecule has 0 atom stereocenters. The first-order valence-corrected chi connectivity index (χ1v) is 8.46. The van der Waals surface area contributed by atoms with Crippen molar-refractivity contribution < 1.29 is 0 Å². The molecule has 4 aromatic rings. The lowest BCUT2D eigenvalue weighted by Gasteiger charge is -2.06. The number of hydrogen-bond donors (Lipinski definition) is 1. The van der Waals surface area contributed by atoms with Crippen LogP contribution >= 0.6 is 0 Å². The SMILES string of the molecule is Nc1cccc2c1-c1ccc3c4c(ccc3c1=N2)-c1ccccc1C=4. The van der Waals surface area contributed by atoms with Gasteiger partial charge < -0.3 is 5.73 Å². The van der Waals surface area contributed by atoms with Gasteiger partial charge in [-0.2, -0.15) is 0 Å². The van der Waals surface area contributed by atoms with Crippen LogP contribution in [-0.2, 0) is 0 Å². The second-order valence-electron chi connectivity index (χ2n) is 6.67. The summed E-state index contributed by atoms with van der Waals surface area (Å²) < 4.78 is 0. The highest BCUT2D eigenvalue weighted by Crippen LogP contribution is 2.38. The topological polar surface area (TPSA) is 38.4 Å². The van der Waals surface area contributed by atoms with E-state index in [1.165, 1.54) is 32.7 Å². The molecule has 1 aliphatic heterocycles. The van der Waals surface area contributed by atoms with Crippen molar-refractivity contribution in [2.45, 2.75) is 0 Å². The molecule has 0 bridgehead atoms. The summed E-state index contributed by atoms with van der Waals surface area (Å²) in [4.78, 5) is 4.88. The van der Waals surface area contributed by atoms with E-state index in [9.17, 15) is 0 Å². The molecule has 2 aliphatic rings. The molecule has 2 heteroatoms. The Morgan fingerprint density at radius 1 is 0.680 bits per heavy atom. The summed E-state index contributed by atoms with van der Waals surface area (Å²) in [6, 6.07) is 23.3. The van der Waals surface area contributed by atoms with Gasteiger partial charge in [-0.1, -0.05) is 54.6 Å². The number of nitrogen functional groups attached to an aromatic ring is 1. The Kier molecular flexibility index (Phi) is 2.26. The van der Waals surface area contributed by atoms with Crippen LogP contribution in [0, 0.1) is 0 Å². The number of benzene rings is 4. The highest BCUT2D eigenvalue weighted by molar-refractivity contribution is 5.99. The smallest absolute Gasteiger partial charge is 0.0795 e. The molecule has 0 aromatic heterocycles. The minimum atomic E-state index is 0.791. The molecule has 0 spiro atoms. The van der Waals surface area contributed by atoms with Crippen LogP contribution < -0.4 is 16.3 Å². The summed E-state index contributed by atoms with van der Waals surface area (Å²) in [6.45, 7) is 0. The molecule has 0 fully saturated rings. The fourth-order valence-electron chi connectivity index (χ4n) is 4.21. The van der Waals surface area contributed by atoms with Gasteiger partial charge in [0.2, 0.25) is 0 Å². The van der Waals surface area contributed by atoms with E-state index in [1.54, 1.807) is 0 Å². The Balaban J connectivity index is 1.75. The zero-order chi connectivity index (χ0) is 16.5. The highest BCUT2D eigenvalue weighted by atomic mass is 14.8. The van der Waals surface area contributed by atoms with Crippen LogP contribution in [0.5, 0.6) is 0 Å². The molecule has 0 amide bonds. The predicted molar refractivity (Wildman–Crippen MR) is 103 cm³/mol. The Hall–Kier alpha value is -3.39. The van der Waals surface area contributed by atoms with Gasteiger partial charge in [-0.05, 0) is 45.5 Å². The van der Waals surface area contributed by atoms with Crippen molar-refractivity contribution in [1.82, 2.24) is 0 Å². The van der Waals surface area contributed by atoms with Crippen molar-refractivity contribution in [3.05, 3.63) is 82.9 Å². The van der Waals surface area contributed by atoms with Gasteiger partial charge in [-0.25, -0.2) is 4.99 Å². The summed E-state index contributed by atoms with van der Waals surface area (Å²) in [5, 5.41) is 4.77. The van der Waals surface area contributed by atoms with Crippen molar-refractivity contribution in [3.63, 3.8) is 0 Å². The number of fused-ring (bicyclic) bond motifs is 9. The van der Waals surface area contributed by atoms with Crippen LogP contribution in [0.1, 0.15) is 5.56 Å². The van der Waals surface area contributed by atoms with Crippen LogP contribution in [-0.4, -0.2) is 0 Å². The Morgan fingerprint density at radius 2 is 1.52 bits per heavy atom. The first-order valence-electron chi connectivity index (χ1n) is 8.46. The lowest BCUT2D eigenvalue weighted by Crippen LogP contribution is -2.10. The lowest BCUT2D eigenvalue weighted by molar-refractivity contribution is 1.45. The summed E-state index contributed by atoms with van der Waals surface area (Å²) >= 11 is 0. The maximum absolute atomic E-state index is 6.21. The van der Waals surface area contributed by atoms with Gasteiger partial charge in [0.25, 0.3) is 0 Å². The molecule has 0 saturated carbocycles. The summed E-state index contributed by atoms with van der Waals surface area (Å²) in [6.07, 6.45) is 2.29. The van der Waals surface area contributed by atoms with Gasteiger partial charge >= 0.3 is 0 Å².